The summed E-state index contributed by atoms with van der Waals surface area (Å²) in [6.07, 6.45) is 0. The zero-order valence-electron chi connectivity index (χ0n) is 12.6. The zero-order chi connectivity index (χ0) is 15.8. The Kier molecular flexibility index (Phi) is 6.34. The van der Waals surface area contributed by atoms with Gasteiger partial charge in [-0.3, -0.25) is 4.79 Å². The summed E-state index contributed by atoms with van der Waals surface area (Å²) in [6.45, 7) is 2.29. The van der Waals surface area contributed by atoms with E-state index in [2.05, 4.69) is 0 Å². The first kappa shape index (κ1) is 16.4. The fraction of sp³-hybridized carbons (Fsp3) is 0.278. The van der Waals surface area contributed by atoms with Gasteiger partial charge in [0, 0.05) is 11.5 Å². The van der Waals surface area contributed by atoms with Crippen LogP contribution in [0.15, 0.2) is 54.6 Å². The van der Waals surface area contributed by atoms with E-state index in [4.69, 9.17) is 9.84 Å². The summed E-state index contributed by atoms with van der Waals surface area (Å²) in [5.41, 5.74) is 2.32. The van der Waals surface area contributed by atoms with Gasteiger partial charge in [0.25, 0.3) is 0 Å². The molecule has 0 saturated carbocycles. The largest absolute Gasteiger partial charge is 0.489 e. The minimum atomic E-state index is -0.739. The van der Waals surface area contributed by atoms with Gasteiger partial charge in [-0.1, -0.05) is 49.4 Å². The SMILES string of the molecule is CC(CSCc1ccc(OCc2ccccc2)cc1)C(=O)O. The lowest BCUT2D eigenvalue weighted by Crippen LogP contribution is -2.11. The Bertz CT molecular complexity index is 581. The van der Waals surface area contributed by atoms with Crippen molar-refractivity contribution < 1.29 is 14.6 Å². The lowest BCUT2D eigenvalue weighted by Gasteiger charge is -2.08. The molecule has 116 valence electrons. The van der Waals surface area contributed by atoms with Crippen LogP contribution in [0, 0.1) is 5.92 Å². The third kappa shape index (κ3) is 5.45. The van der Waals surface area contributed by atoms with Gasteiger partial charge in [0.2, 0.25) is 0 Å². The molecule has 2 rings (SSSR count). The zero-order valence-corrected chi connectivity index (χ0v) is 13.4. The highest BCUT2D eigenvalue weighted by atomic mass is 32.2. The van der Waals surface area contributed by atoms with Crippen molar-refractivity contribution in [2.45, 2.75) is 19.3 Å². The molecule has 0 fully saturated rings. The molecule has 0 saturated heterocycles. The number of aliphatic carboxylic acids is 1. The summed E-state index contributed by atoms with van der Waals surface area (Å²) in [5, 5.41) is 8.84. The Morgan fingerprint density at radius 3 is 2.41 bits per heavy atom. The normalized spacial score (nSPS) is 11.9. The molecule has 22 heavy (non-hydrogen) atoms. The summed E-state index contributed by atoms with van der Waals surface area (Å²) in [7, 11) is 0. The number of carboxylic acid groups (broad SMARTS) is 1. The monoisotopic (exact) mass is 316 g/mol. The third-order valence-corrected chi connectivity index (χ3v) is 4.50. The minimum Gasteiger partial charge on any atom is -0.489 e. The molecule has 0 spiro atoms. The second-order valence-electron chi connectivity index (χ2n) is 5.17. The summed E-state index contributed by atoms with van der Waals surface area (Å²) >= 11 is 1.64. The predicted molar refractivity (Wildman–Crippen MR) is 90.2 cm³/mol. The van der Waals surface area contributed by atoms with Crippen LogP contribution in [0.4, 0.5) is 0 Å². The molecule has 4 heteroatoms. The van der Waals surface area contributed by atoms with Crippen LogP contribution < -0.4 is 4.74 Å². The molecule has 0 amide bonds. The van der Waals surface area contributed by atoms with Gasteiger partial charge in [-0.25, -0.2) is 0 Å². The number of hydrogen-bond donors (Lipinski definition) is 1. The van der Waals surface area contributed by atoms with Crippen LogP contribution in [-0.2, 0) is 17.2 Å². The number of carboxylic acids is 1. The van der Waals surface area contributed by atoms with E-state index in [0.717, 1.165) is 17.1 Å². The van der Waals surface area contributed by atoms with Crippen LogP contribution in [0.3, 0.4) is 0 Å². The molecule has 0 radical (unpaired) electrons. The molecule has 0 aliphatic heterocycles. The van der Waals surface area contributed by atoms with E-state index in [0.29, 0.717) is 12.4 Å². The maximum absolute atomic E-state index is 10.7. The van der Waals surface area contributed by atoms with Gasteiger partial charge in [0.1, 0.15) is 12.4 Å². The number of benzene rings is 2. The molecule has 0 heterocycles. The average molecular weight is 316 g/mol. The number of carbonyl (C=O) groups is 1. The van der Waals surface area contributed by atoms with E-state index in [1.807, 2.05) is 54.6 Å². The van der Waals surface area contributed by atoms with Gasteiger partial charge in [-0.2, -0.15) is 11.8 Å². The highest BCUT2D eigenvalue weighted by Gasteiger charge is 2.10. The first-order valence-electron chi connectivity index (χ1n) is 7.21. The number of thioether (sulfide) groups is 1. The van der Waals surface area contributed by atoms with Crippen LogP contribution in [0.2, 0.25) is 0 Å². The van der Waals surface area contributed by atoms with Crippen molar-refractivity contribution in [1.82, 2.24) is 0 Å². The molecular formula is C18H20O3S. The maximum atomic E-state index is 10.7. The minimum absolute atomic E-state index is 0.307. The van der Waals surface area contributed by atoms with E-state index in [1.165, 1.54) is 5.56 Å². The first-order valence-corrected chi connectivity index (χ1v) is 8.37. The fourth-order valence-corrected chi connectivity index (χ4v) is 2.89. The van der Waals surface area contributed by atoms with E-state index in [-0.39, 0.29) is 5.92 Å². The van der Waals surface area contributed by atoms with Crippen LogP contribution in [-0.4, -0.2) is 16.8 Å². The smallest absolute Gasteiger partial charge is 0.307 e. The molecule has 3 nitrogen and oxygen atoms in total. The van der Waals surface area contributed by atoms with Crippen LogP contribution >= 0.6 is 11.8 Å². The number of hydrogen-bond acceptors (Lipinski definition) is 3. The number of ether oxygens (including phenoxy) is 1. The Morgan fingerprint density at radius 1 is 1.09 bits per heavy atom. The van der Waals surface area contributed by atoms with Crippen molar-refractivity contribution in [3.8, 4) is 5.75 Å². The molecule has 1 atom stereocenters. The summed E-state index contributed by atoms with van der Waals surface area (Å²) in [6, 6.07) is 18.0. The molecule has 0 aliphatic carbocycles. The predicted octanol–water partition coefficient (Wildman–Crippen LogP) is 4.22. The molecule has 0 aliphatic rings. The van der Waals surface area contributed by atoms with E-state index < -0.39 is 5.97 Å². The highest BCUT2D eigenvalue weighted by molar-refractivity contribution is 7.98. The van der Waals surface area contributed by atoms with Crippen molar-refractivity contribution in [1.29, 1.82) is 0 Å². The molecular weight excluding hydrogens is 296 g/mol. The second kappa shape index (κ2) is 8.49. The van der Waals surface area contributed by atoms with Crippen LogP contribution in [0.1, 0.15) is 18.1 Å². The van der Waals surface area contributed by atoms with Crippen molar-refractivity contribution in [2.75, 3.05) is 5.75 Å². The Hall–Kier alpha value is -1.94. The molecule has 2 aromatic rings. The average Bonchev–Trinajstić information content (AvgIpc) is 2.55. The van der Waals surface area contributed by atoms with Gasteiger partial charge in [-0.05, 0) is 23.3 Å². The Morgan fingerprint density at radius 2 is 1.77 bits per heavy atom. The summed E-state index contributed by atoms with van der Waals surface area (Å²) in [5.74, 6) is 1.24. The third-order valence-electron chi connectivity index (χ3n) is 3.23. The van der Waals surface area contributed by atoms with Crippen LogP contribution in [0.5, 0.6) is 5.75 Å². The number of rotatable bonds is 8. The first-order chi connectivity index (χ1) is 10.6. The summed E-state index contributed by atoms with van der Waals surface area (Å²) < 4.78 is 5.74. The van der Waals surface area contributed by atoms with Gasteiger partial charge in [0.15, 0.2) is 0 Å². The summed E-state index contributed by atoms with van der Waals surface area (Å²) in [4.78, 5) is 10.7. The second-order valence-corrected chi connectivity index (χ2v) is 6.20. The topological polar surface area (TPSA) is 46.5 Å². The van der Waals surface area contributed by atoms with E-state index >= 15 is 0 Å². The molecule has 1 unspecified atom stereocenters. The highest BCUT2D eigenvalue weighted by Crippen LogP contribution is 2.19. The quantitative estimate of drug-likeness (QED) is 0.792. The van der Waals surface area contributed by atoms with Crippen molar-refractivity contribution in [3.05, 3.63) is 65.7 Å². The van der Waals surface area contributed by atoms with Gasteiger partial charge in [-0.15, -0.1) is 0 Å². The van der Waals surface area contributed by atoms with Crippen molar-refractivity contribution in [2.24, 2.45) is 5.92 Å². The van der Waals surface area contributed by atoms with Crippen molar-refractivity contribution in [3.63, 3.8) is 0 Å². The molecule has 1 N–H and O–H groups in total. The van der Waals surface area contributed by atoms with E-state index in [1.54, 1.807) is 18.7 Å². The lowest BCUT2D eigenvalue weighted by atomic mass is 10.2. The molecule has 2 aromatic carbocycles. The fourth-order valence-electron chi connectivity index (χ4n) is 1.85. The van der Waals surface area contributed by atoms with E-state index in [9.17, 15) is 4.79 Å². The molecule has 0 aromatic heterocycles. The standard InChI is InChI=1S/C18H20O3S/c1-14(18(19)20)12-22-13-16-7-9-17(10-8-16)21-11-15-5-3-2-4-6-15/h2-10,14H,11-13H2,1H3,(H,19,20). The Balaban J connectivity index is 1.76. The van der Waals surface area contributed by atoms with Gasteiger partial charge < -0.3 is 9.84 Å². The van der Waals surface area contributed by atoms with Crippen molar-refractivity contribution >= 4 is 17.7 Å². The van der Waals surface area contributed by atoms with Crippen LogP contribution in [0.25, 0.3) is 0 Å². The molecule has 0 bridgehead atoms. The van der Waals surface area contributed by atoms with Gasteiger partial charge >= 0.3 is 5.97 Å². The Labute approximate surface area is 135 Å². The lowest BCUT2D eigenvalue weighted by molar-refractivity contribution is -0.140. The van der Waals surface area contributed by atoms with Gasteiger partial charge in [0.05, 0.1) is 5.92 Å². The maximum Gasteiger partial charge on any atom is 0.307 e.